The van der Waals surface area contributed by atoms with Gasteiger partial charge in [0.05, 0.1) is 13.2 Å². The van der Waals surface area contributed by atoms with Crippen molar-refractivity contribution < 1.29 is 14.2 Å². The maximum absolute atomic E-state index is 13.3. The number of pyridine rings is 1. The monoisotopic (exact) mass is 461 g/mol. The molecule has 0 spiro atoms. The minimum Gasteiger partial charge on any atom is -0.488 e. The smallest absolute Gasteiger partial charge is 0.268 e. The van der Waals surface area contributed by atoms with Crippen LogP contribution in [0.4, 0.5) is 4.39 Å². The maximum Gasteiger partial charge on any atom is 0.268 e. The first kappa shape index (κ1) is 22.8. The Labute approximate surface area is 178 Å². The highest BCUT2D eigenvalue weighted by Crippen LogP contribution is 2.23. The number of aliphatic hydroxyl groups is 1. The van der Waals surface area contributed by atoms with E-state index in [1.165, 1.54) is 16.7 Å². The van der Waals surface area contributed by atoms with Gasteiger partial charge in [-0.25, -0.2) is 4.39 Å². The van der Waals surface area contributed by atoms with Gasteiger partial charge in [-0.15, -0.1) is 0 Å². The van der Waals surface area contributed by atoms with Crippen molar-refractivity contribution >= 4 is 15.9 Å². The van der Waals surface area contributed by atoms with E-state index >= 15 is 0 Å². The van der Waals surface area contributed by atoms with Crippen LogP contribution in [0.15, 0.2) is 81.2 Å². The number of hydrogen-bond acceptors (Lipinski definition) is 3. The van der Waals surface area contributed by atoms with E-state index in [0.717, 1.165) is 11.1 Å². The summed E-state index contributed by atoms with van der Waals surface area (Å²) < 4.78 is 20.9. The number of aliphatic hydroxyl groups excluding tert-OH is 1. The molecule has 2 aromatic rings. The predicted molar refractivity (Wildman–Crippen MR) is 118 cm³/mol. The zero-order chi connectivity index (χ0) is 21.2. The lowest BCUT2D eigenvalue weighted by Crippen LogP contribution is -2.21. The van der Waals surface area contributed by atoms with E-state index in [2.05, 4.69) is 15.9 Å². The summed E-state index contributed by atoms with van der Waals surface area (Å²) in [7, 11) is 0. The minimum atomic E-state index is -0.334. The Bertz CT molecular complexity index is 976. The summed E-state index contributed by atoms with van der Waals surface area (Å²) in [6, 6.07) is 7.85. The van der Waals surface area contributed by atoms with Crippen LogP contribution in [0.2, 0.25) is 0 Å². The zero-order valence-electron chi connectivity index (χ0n) is 16.6. The third-order valence-electron chi connectivity index (χ3n) is 4.25. The van der Waals surface area contributed by atoms with E-state index in [0.29, 0.717) is 22.2 Å². The fraction of sp³-hybridized carbons (Fsp3) is 0.261. The molecule has 0 unspecified atom stereocenters. The Morgan fingerprint density at radius 1 is 1.24 bits per heavy atom. The molecule has 0 aliphatic heterocycles. The molecule has 1 N–H and O–H groups in total. The van der Waals surface area contributed by atoms with Gasteiger partial charge in [-0.3, -0.25) is 4.79 Å². The lowest BCUT2D eigenvalue weighted by Gasteiger charge is -2.14. The highest BCUT2D eigenvalue weighted by Gasteiger charge is 2.12. The van der Waals surface area contributed by atoms with Gasteiger partial charge in [0.1, 0.15) is 22.6 Å². The van der Waals surface area contributed by atoms with Crippen LogP contribution in [-0.4, -0.2) is 22.9 Å². The second kappa shape index (κ2) is 11.5. The van der Waals surface area contributed by atoms with Gasteiger partial charge in [-0.1, -0.05) is 50.3 Å². The van der Waals surface area contributed by atoms with Crippen molar-refractivity contribution in [3.8, 4) is 5.75 Å². The number of nitrogens with zero attached hydrogens (tertiary/aromatic N) is 1. The van der Waals surface area contributed by atoms with Gasteiger partial charge in [0.25, 0.3) is 5.56 Å². The Morgan fingerprint density at radius 3 is 2.76 bits per heavy atom. The predicted octanol–water partition coefficient (Wildman–Crippen LogP) is 5.01. The summed E-state index contributed by atoms with van der Waals surface area (Å²) in [5.41, 5.74) is 2.22. The topological polar surface area (TPSA) is 51.5 Å². The molecule has 0 fully saturated rings. The second-order valence-electron chi connectivity index (χ2n) is 6.12. The summed E-state index contributed by atoms with van der Waals surface area (Å²) in [5.74, 6) is 0.0940. The number of ether oxygens (including phenoxy) is 1. The molecule has 1 aromatic heterocycles. The summed E-state index contributed by atoms with van der Waals surface area (Å²) in [5, 5.41) is 9.50. The van der Waals surface area contributed by atoms with E-state index in [1.54, 1.807) is 24.4 Å². The van der Waals surface area contributed by atoms with Gasteiger partial charge in [-0.2, -0.15) is 0 Å². The van der Waals surface area contributed by atoms with Gasteiger partial charge in [0, 0.05) is 6.20 Å². The van der Waals surface area contributed by atoms with Crippen molar-refractivity contribution in [3.05, 3.63) is 98.2 Å². The third kappa shape index (κ3) is 6.27. The van der Waals surface area contributed by atoms with Crippen LogP contribution in [0.25, 0.3) is 0 Å². The Balaban J connectivity index is 0.00000145. The number of allylic oxidation sites excluding steroid dienone is 3. The van der Waals surface area contributed by atoms with Crippen molar-refractivity contribution in [2.24, 2.45) is 0 Å². The van der Waals surface area contributed by atoms with Crippen molar-refractivity contribution in [2.45, 2.75) is 26.8 Å². The number of benzene rings is 1. The second-order valence-corrected chi connectivity index (χ2v) is 6.92. The fourth-order valence-electron chi connectivity index (χ4n) is 2.79. The van der Waals surface area contributed by atoms with Crippen LogP contribution < -0.4 is 10.3 Å². The molecule has 6 heteroatoms. The van der Waals surface area contributed by atoms with Crippen molar-refractivity contribution in [1.29, 1.82) is 0 Å². The molecule has 1 heterocycles. The molecule has 0 amide bonds. The highest BCUT2D eigenvalue weighted by molar-refractivity contribution is 9.10. The molecular weight excluding hydrogens is 437 g/mol. The molecule has 1 aliphatic carbocycles. The molecule has 0 saturated heterocycles. The van der Waals surface area contributed by atoms with Crippen LogP contribution in [-0.2, 0) is 6.54 Å². The quantitative estimate of drug-likeness (QED) is 0.657. The lowest BCUT2D eigenvalue weighted by atomic mass is 10.1. The van der Waals surface area contributed by atoms with E-state index in [9.17, 15) is 14.3 Å². The first-order chi connectivity index (χ1) is 14.1. The van der Waals surface area contributed by atoms with E-state index in [-0.39, 0.29) is 31.1 Å². The maximum atomic E-state index is 13.3. The molecular formula is C23H25BrFNO3. The Hall–Kier alpha value is -2.44. The number of halogens is 2. The molecule has 1 aliphatic rings. The average Bonchev–Trinajstić information content (AvgIpc) is 2.97. The average molecular weight is 462 g/mol. The van der Waals surface area contributed by atoms with Gasteiger partial charge in [0.15, 0.2) is 0 Å². The van der Waals surface area contributed by atoms with Crippen LogP contribution in [0, 0.1) is 5.82 Å². The molecule has 1 aromatic carbocycles. The third-order valence-corrected chi connectivity index (χ3v) is 4.98. The number of aromatic nitrogens is 1. The standard InChI is InChI=1S/C21H19BrFNO3.C2H6/c22-20-19(27-14-17-7-3-1-2-6-16(17)13-25)9-10-24(21(20)26)12-15-5-4-8-18(23)11-15;1-2/h1-6,8-11,25H,7,12-14H2;1-2H3. The summed E-state index contributed by atoms with van der Waals surface area (Å²) in [4.78, 5) is 12.6. The van der Waals surface area contributed by atoms with E-state index in [4.69, 9.17) is 4.74 Å². The molecule has 3 rings (SSSR count). The summed E-state index contributed by atoms with van der Waals surface area (Å²) in [6.45, 7) is 4.48. The first-order valence-electron chi connectivity index (χ1n) is 9.49. The SMILES string of the molecule is CC.O=c1c(Br)c(OCC2=C(CO)C=CC=CC2)ccn1Cc1cccc(F)c1. The van der Waals surface area contributed by atoms with Crippen LogP contribution >= 0.6 is 15.9 Å². The van der Waals surface area contributed by atoms with Crippen molar-refractivity contribution in [1.82, 2.24) is 4.57 Å². The molecule has 29 heavy (non-hydrogen) atoms. The van der Waals surface area contributed by atoms with Gasteiger partial charge < -0.3 is 14.4 Å². The molecule has 0 atom stereocenters. The van der Waals surface area contributed by atoms with Crippen molar-refractivity contribution in [3.63, 3.8) is 0 Å². The molecule has 0 saturated carbocycles. The Kier molecular flexibility index (Phi) is 9.09. The zero-order valence-corrected chi connectivity index (χ0v) is 18.2. The number of rotatable bonds is 6. The molecule has 0 bridgehead atoms. The van der Waals surface area contributed by atoms with E-state index in [1.807, 2.05) is 38.2 Å². The molecule has 4 nitrogen and oxygen atoms in total. The van der Waals surface area contributed by atoms with Crippen molar-refractivity contribution in [2.75, 3.05) is 13.2 Å². The molecule has 154 valence electrons. The molecule has 0 radical (unpaired) electrons. The summed E-state index contributed by atoms with van der Waals surface area (Å²) >= 11 is 3.31. The minimum absolute atomic E-state index is 0.0622. The van der Waals surface area contributed by atoms with Crippen LogP contribution in [0.5, 0.6) is 5.75 Å². The first-order valence-corrected chi connectivity index (χ1v) is 10.3. The van der Waals surface area contributed by atoms with Gasteiger partial charge >= 0.3 is 0 Å². The van der Waals surface area contributed by atoms with Gasteiger partial charge in [0.2, 0.25) is 0 Å². The normalized spacial score (nSPS) is 13.0. The van der Waals surface area contributed by atoms with Crippen LogP contribution in [0.3, 0.4) is 0 Å². The fourth-order valence-corrected chi connectivity index (χ4v) is 3.26. The Morgan fingerprint density at radius 2 is 2.03 bits per heavy atom. The lowest BCUT2D eigenvalue weighted by molar-refractivity contribution is 0.321. The van der Waals surface area contributed by atoms with E-state index < -0.39 is 0 Å². The highest BCUT2D eigenvalue weighted by atomic mass is 79.9. The van der Waals surface area contributed by atoms with Gasteiger partial charge in [-0.05, 0) is 57.3 Å². The van der Waals surface area contributed by atoms with Crippen LogP contribution in [0.1, 0.15) is 25.8 Å². The number of hydrogen-bond donors (Lipinski definition) is 1. The largest absolute Gasteiger partial charge is 0.488 e. The summed E-state index contributed by atoms with van der Waals surface area (Å²) in [6.07, 6.45) is 9.95.